The van der Waals surface area contributed by atoms with E-state index >= 15 is 0 Å². The smallest absolute Gasteiger partial charge is 0.367 e. The summed E-state index contributed by atoms with van der Waals surface area (Å²) in [6, 6.07) is 8.89. The third kappa shape index (κ3) is 6.03. The van der Waals surface area contributed by atoms with Crippen LogP contribution < -0.4 is 5.32 Å². The van der Waals surface area contributed by atoms with Gasteiger partial charge in [-0.15, -0.1) is 0 Å². The first-order valence-electron chi connectivity index (χ1n) is 12.3. The normalized spacial score (nSPS) is 19.1. The minimum atomic E-state index is -4.69. The fourth-order valence-electron chi connectivity index (χ4n) is 4.70. The molecular weight excluding hydrogens is 493 g/mol. The molecule has 1 atom stereocenters. The number of carbonyl (C=O) groups excluding carboxylic acids is 1. The maximum atomic E-state index is 13.8. The molecule has 1 saturated carbocycles. The molecule has 2 aliphatic rings. The number of pyridine rings is 1. The van der Waals surface area contributed by atoms with E-state index in [2.05, 4.69) is 20.3 Å². The Bertz CT molecular complexity index is 1270. The number of ketones is 1. The lowest BCUT2D eigenvalue weighted by Gasteiger charge is -2.37. The molecule has 0 amide bonds. The van der Waals surface area contributed by atoms with Gasteiger partial charge in [-0.3, -0.25) is 9.69 Å². The summed E-state index contributed by atoms with van der Waals surface area (Å²) in [6.07, 6.45) is -0.730. The molecule has 11 heteroatoms. The van der Waals surface area contributed by atoms with Gasteiger partial charge in [0.25, 0.3) is 5.92 Å². The van der Waals surface area contributed by atoms with Crippen LogP contribution in [0.25, 0.3) is 10.9 Å². The van der Waals surface area contributed by atoms with Gasteiger partial charge in [0.1, 0.15) is 5.82 Å². The Morgan fingerprint density at radius 3 is 2.43 bits per heavy atom. The van der Waals surface area contributed by atoms with E-state index in [1.807, 2.05) is 18.2 Å². The topological polar surface area (TPSA) is 71.0 Å². The number of hydrogen-bond acceptors (Lipinski definition) is 6. The second-order valence-corrected chi connectivity index (χ2v) is 9.69. The van der Waals surface area contributed by atoms with Crippen molar-refractivity contribution in [1.82, 2.24) is 19.9 Å². The fourth-order valence-corrected chi connectivity index (χ4v) is 4.70. The SMILES string of the molecule is O=C(CCC(c1cnc(C(F)(F)F)nc1)N1CCC(F)(F)CC1)c1cccc2nc(NC3CC3)ccc12. The van der Waals surface area contributed by atoms with Crippen molar-refractivity contribution >= 4 is 22.5 Å². The number of fused-ring (bicyclic) bond motifs is 1. The van der Waals surface area contributed by atoms with Crippen LogP contribution in [0.1, 0.15) is 66.3 Å². The van der Waals surface area contributed by atoms with E-state index in [-0.39, 0.29) is 44.6 Å². The Labute approximate surface area is 210 Å². The predicted octanol–water partition coefficient (Wildman–Crippen LogP) is 6.05. The third-order valence-electron chi connectivity index (χ3n) is 6.89. The summed E-state index contributed by atoms with van der Waals surface area (Å²) in [4.78, 5) is 26.5. The van der Waals surface area contributed by atoms with Gasteiger partial charge in [-0.1, -0.05) is 12.1 Å². The van der Waals surface area contributed by atoms with Crippen LogP contribution in [0.4, 0.5) is 27.8 Å². The highest BCUT2D eigenvalue weighted by Crippen LogP contribution is 2.35. The molecule has 1 aliphatic carbocycles. The number of alkyl halides is 5. The highest BCUT2D eigenvalue weighted by molar-refractivity contribution is 6.07. The summed E-state index contributed by atoms with van der Waals surface area (Å²) in [6.45, 7) is 0.115. The number of piperidine rings is 1. The average Bonchev–Trinajstić information content (AvgIpc) is 3.68. The lowest BCUT2D eigenvalue weighted by Crippen LogP contribution is -2.41. The maximum absolute atomic E-state index is 13.8. The summed E-state index contributed by atoms with van der Waals surface area (Å²) < 4.78 is 66.4. The standard InChI is InChI=1S/C26H26F5N5O/c27-25(28)10-12-36(13-11-25)21(16-14-32-24(33-15-16)26(29,30)31)7-8-22(37)19-2-1-3-20-18(19)6-9-23(35-20)34-17-4-5-17/h1-3,6,9,14-15,17,21H,4-5,7-8,10-13H2,(H,34,35). The van der Waals surface area contributed by atoms with Crippen LogP contribution in [0.15, 0.2) is 42.7 Å². The van der Waals surface area contributed by atoms with Gasteiger partial charge in [0.15, 0.2) is 5.78 Å². The summed E-state index contributed by atoms with van der Waals surface area (Å²) in [5, 5.41) is 4.04. The molecule has 37 heavy (non-hydrogen) atoms. The van der Waals surface area contributed by atoms with Crippen molar-refractivity contribution in [2.45, 2.75) is 62.7 Å². The van der Waals surface area contributed by atoms with Gasteiger partial charge >= 0.3 is 6.18 Å². The molecule has 1 N–H and O–H groups in total. The van der Waals surface area contributed by atoms with Crippen LogP contribution in [0, 0.1) is 0 Å². The van der Waals surface area contributed by atoms with Crippen molar-refractivity contribution in [3.05, 3.63) is 59.7 Å². The number of benzene rings is 1. The van der Waals surface area contributed by atoms with Crippen molar-refractivity contribution in [3.8, 4) is 0 Å². The van der Waals surface area contributed by atoms with E-state index in [9.17, 15) is 26.7 Å². The molecule has 0 radical (unpaired) electrons. The Morgan fingerprint density at radius 1 is 1.08 bits per heavy atom. The van der Waals surface area contributed by atoms with Gasteiger partial charge in [-0.2, -0.15) is 13.2 Å². The van der Waals surface area contributed by atoms with E-state index in [1.54, 1.807) is 17.0 Å². The van der Waals surface area contributed by atoms with Gasteiger partial charge in [0.05, 0.1) is 5.52 Å². The van der Waals surface area contributed by atoms with Crippen LogP contribution >= 0.6 is 0 Å². The second kappa shape index (κ2) is 9.92. The molecule has 1 aromatic carbocycles. The quantitative estimate of drug-likeness (QED) is 0.289. The monoisotopic (exact) mass is 519 g/mol. The molecule has 1 aliphatic heterocycles. The Hall–Kier alpha value is -3.21. The summed E-state index contributed by atoms with van der Waals surface area (Å²) in [5.74, 6) is -3.45. The maximum Gasteiger partial charge on any atom is 0.451 e. The van der Waals surface area contributed by atoms with E-state index in [4.69, 9.17) is 0 Å². The van der Waals surface area contributed by atoms with E-state index in [0.29, 0.717) is 28.1 Å². The van der Waals surface area contributed by atoms with Crippen molar-refractivity contribution < 1.29 is 26.7 Å². The van der Waals surface area contributed by atoms with Crippen LogP contribution in [0.3, 0.4) is 0 Å². The van der Waals surface area contributed by atoms with Crippen molar-refractivity contribution in [1.29, 1.82) is 0 Å². The Kier molecular flexibility index (Phi) is 6.82. The molecule has 2 aromatic heterocycles. The number of carbonyl (C=O) groups is 1. The number of rotatable bonds is 8. The molecule has 1 saturated heterocycles. The Morgan fingerprint density at radius 2 is 1.78 bits per heavy atom. The number of halogens is 5. The Balaban J connectivity index is 1.35. The largest absolute Gasteiger partial charge is 0.451 e. The summed E-state index contributed by atoms with van der Waals surface area (Å²) >= 11 is 0. The van der Waals surface area contributed by atoms with Gasteiger partial charge < -0.3 is 5.32 Å². The highest BCUT2D eigenvalue weighted by atomic mass is 19.4. The van der Waals surface area contributed by atoms with Crippen LogP contribution in [-0.2, 0) is 6.18 Å². The molecule has 2 fully saturated rings. The number of Topliss-reactive ketones (excluding diaryl/α,β-unsaturated/α-hetero) is 1. The third-order valence-corrected chi connectivity index (χ3v) is 6.89. The summed E-state index contributed by atoms with van der Waals surface area (Å²) in [5.41, 5.74) is 1.54. The molecule has 6 nitrogen and oxygen atoms in total. The van der Waals surface area contributed by atoms with Crippen molar-refractivity contribution in [2.75, 3.05) is 18.4 Å². The number of nitrogens with zero attached hydrogens (tertiary/aromatic N) is 4. The molecule has 3 heterocycles. The molecule has 196 valence electrons. The van der Waals surface area contributed by atoms with Crippen molar-refractivity contribution in [3.63, 3.8) is 0 Å². The minimum Gasteiger partial charge on any atom is -0.367 e. The fraction of sp³-hybridized carbons (Fsp3) is 0.462. The number of nitrogens with one attached hydrogen (secondary N) is 1. The van der Waals surface area contributed by atoms with E-state index in [1.165, 1.54) is 0 Å². The van der Waals surface area contributed by atoms with Crippen LogP contribution in [-0.4, -0.2) is 50.7 Å². The van der Waals surface area contributed by atoms with Gasteiger partial charge in [0.2, 0.25) is 5.82 Å². The summed E-state index contributed by atoms with van der Waals surface area (Å²) in [7, 11) is 0. The average molecular weight is 520 g/mol. The first-order chi connectivity index (χ1) is 17.6. The van der Waals surface area contributed by atoms with E-state index < -0.39 is 24.0 Å². The van der Waals surface area contributed by atoms with Crippen molar-refractivity contribution in [2.24, 2.45) is 0 Å². The molecule has 1 unspecified atom stereocenters. The van der Waals surface area contributed by atoms with Gasteiger partial charge in [-0.05, 0) is 37.5 Å². The number of hydrogen-bond donors (Lipinski definition) is 1. The zero-order valence-corrected chi connectivity index (χ0v) is 19.9. The lowest BCUT2D eigenvalue weighted by molar-refractivity contribution is -0.145. The highest BCUT2D eigenvalue weighted by Gasteiger charge is 2.38. The predicted molar refractivity (Wildman–Crippen MR) is 127 cm³/mol. The minimum absolute atomic E-state index is 0.0574. The van der Waals surface area contributed by atoms with Gasteiger partial charge in [-0.25, -0.2) is 23.7 Å². The molecule has 0 bridgehead atoms. The first-order valence-corrected chi connectivity index (χ1v) is 12.3. The van der Waals surface area contributed by atoms with Crippen LogP contribution in [0.5, 0.6) is 0 Å². The molecule has 5 rings (SSSR count). The number of aromatic nitrogens is 3. The van der Waals surface area contributed by atoms with E-state index in [0.717, 1.165) is 31.1 Å². The second-order valence-electron chi connectivity index (χ2n) is 9.69. The number of anilines is 1. The molecular formula is C26H26F5N5O. The van der Waals surface area contributed by atoms with Gasteiger partial charge in [0, 0.05) is 73.3 Å². The van der Waals surface area contributed by atoms with Crippen LogP contribution in [0.2, 0.25) is 0 Å². The first kappa shape index (κ1) is 25.4. The number of likely N-dealkylation sites (tertiary alicyclic amines) is 1. The lowest BCUT2D eigenvalue weighted by atomic mass is 9.95. The zero-order chi connectivity index (χ0) is 26.2. The molecule has 0 spiro atoms. The molecule has 3 aromatic rings. The zero-order valence-electron chi connectivity index (χ0n) is 19.9.